The van der Waals surface area contributed by atoms with Gasteiger partial charge in [-0.3, -0.25) is 4.90 Å². The molecule has 2 bridgehead atoms. The summed E-state index contributed by atoms with van der Waals surface area (Å²) in [5.41, 5.74) is 4.43. The third-order valence-corrected chi connectivity index (χ3v) is 4.89. The number of rotatable bonds is 3. The van der Waals surface area contributed by atoms with Gasteiger partial charge in [0.2, 0.25) is 0 Å². The van der Waals surface area contributed by atoms with Gasteiger partial charge >= 0.3 is 0 Å². The predicted molar refractivity (Wildman–Crippen MR) is 82.3 cm³/mol. The molecule has 2 aliphatic rings. The van der Waals surface area contributed by atoms with Crippen LogP contribution in [0, 0.1) is 0 Å². The first-order valence-electron chi connectivity index (χ1n) is 7.48. The fraction of sp³-hybridized carbons (Fsp3) is 0.333. The molecule has 2 nitrogen and oxygen atoms in total. The van der Waals surface area contributed by atoms with Crippen LogP contribution < -0.4 is 0 Å². The standard InChI is InChI=1S/C18H20N2/c1-2-19-11-10-16-17-9-8-15(12-18(16)19)20(17)13-14-6-4-3-5-7-14/h2-7,10-11,15,17H,1,8-9,12-13H2/t15-,17+/m1/s1. The van der Waals surface area contributed by atoms with Gasteiger partial charge in [0.05, 0.1) is 0 Å². The summed E-state index contributed by atoms with van der Waals surface area (Å²) in [5, 5.41) is 0. The molecule has 1 fully saturated rings. The van der Waals surface area contributed by atoms with Crippen LogP contribution >= 0.6 is 0 Å². The van der Waals surface area contributed by atoms with E-state index in [9.17, 15) is 0 Å². The Kier molecular flexibility index (Phi) is 2.78. The summed E-state index contributed by atoms with van der Waals surface area (Å²) in [6.45, 7) is 5.00. The number of hydrogen-bond acceptors (Lipinski definition) is 1. The van der Waals surface area contributed by atoms with E-state index in [0.29, 0.717) is 12.1 Å². The first-order valence-corrected chi connectivity index (χ1v) is 7.48. The van der Waals surface area contributed by atoms with Crippen LogP contribution in [0.1, 0.15) is 35.7 Å². The summed E-state index contributed by atoms with van der Waals surface area (Å²) in [5.74, 6) is 0. The second-order valence-corrected chi connectivity index (χ2v) is 5.92. The lowest BCUT2D eigenvalue weighted by atomic mass is 9.99. The number of benzene rings is 1. The minimum atomic E-state index is 0.602. The van der Waals surface area contributed by atoms with Crippen molar-refractivity contribution in [2.24, 2.45) is 0 Å². The van der Waals surface area contributed by atoms with E-state index in [1.54, 1.807) is 0 Å². The van der Waals surface area contributed by atoms with Crippen molar-refractivity contribution in [3.05, 3.63) is 66.0 Å². The van der Waals surface area contributed by atoms with Gasteiger partial charge in [0.15, 0.2) is 0 Å². The molecule has 102 valence electrons. The fourth-order valence-corrected chi connectivity index (χ4v) is 3.94. The largest absolute Gasteiger partial charge is 0.328 e. The molecule has 20 heavy (non-hydrogen) atoms. The zero-order valence-corrected chi connectivity index (χ0v) is 11.7. The zero-order chi connectivity index (χ0) is 13.5. The molecule has 0 radical (unpaired) electrons. The molecule has 2 atom stereocenters. The van der Waals surface area contributed by atoms with Gasteiger partial charge in [0.25, 0.3) is 0 Å². The molecule has 0 unspecified atom stereocenters. The van der Waals surface area contributed by atoms with Crippen molar-refractivity contribution >= 4 is 6.20 Å². The van der Waals surface area contributed by atoms with Crippen molar-refractivity contribution in [1.29, 1.82) is 0 Å². The first kappa shape index (κ1) is 12.0. The molecule has 0 N–H and O–H groups in total. The molecule has 4 rings (SSSR count). The first-order chi connectivity index (χ1) is 9.86. The summed E-state index contributed by atoms with van der Waals surface area (Å²) in [6, 6.07) is 14.4. The van der Waals surface area contributed by atoms with Crippen LogP contribution in [0.25, 0.3) is 6.20 Å². The number of hydrogen-bond donors (Lipinski definition) is 0. The molecular formula is C18H20N2. The van der Waals surface area contributed by atoms with Crippen molar-refractivity contribution < 1.29 is 0 Å². The Bertz CT molecular complexity index is 626. The Morgan fingerprint density at radius 2 is 2.00 bits per heavy atom. The minimum Gasteiger partial charge on any atom is -0.328 e. The number of aromatic nitrogens is 1. The number of nitrogens with zero attached hydrogens (tertiary/aromatic N) is 2. The summed E-state index contributed by atoms with van der Waals surface area (Å²) in [6.07, 6.45) is 7.89. The molecule has 1 saturated heterocycles. The van der Waals surface area contributed by atoms with Crippen molar-refractivity contribution in [1.82, 2.24) is 9.47 Å². The molecule has 2 heteroatoms. The van der Waals surface area contributed by atoms with E-state index in [0.717, 1.165) is 13.0 Å². The third-order valence-electron chi connectivity index (χ3n) is 4.89. The van der Waals surface area contributed by atoms with Crippen LogP contribution in [-0.2, 0) is 13.0 Å². The van der Waals surface area contributed by atoms with Crippen LogP contribution in [0.4, 0.5) is 0 Å². The van der Waals surface area contributed by atoms with Crippen LogP contribution in [0.5, 0.6) is 0 Å². The highest BCUT2D eigenvalue weighted by molar-refractivity contribution is 5.38. The van der Waals surface area contributed by atoms with Crippen molar-refractivity contribution in [3.8, 4) is 0 Å². The molecule has 0 saturated carbocycles. The molecule has 0 spiro atoms. The van der Waals surface area contributed by atoms with E-state index in [2.05, 4.69) is 58.6 Å². The van der Waals surface area contributed by atoms with Crippen LogP contribution in [0.15, 0.2) is 49.2 Å². The lowest BCUT2D eigenvalue weighted by molar-refractivity contribution is 0.167. The zero-order valence-electron chi connectivity index (χ0n) is 11.7. The van der Waals surface area contributed by atoms with Crippen molar-refractivity contribution in [2.45, 2.75) is 37.9 Å². The van der Waals surface area contributed by atoms with E-state index in [1.807, 2.05) is 6.20 Å². The molecule has 1 aromatic carbocycles. The maximum Gasteiger partial charge on any atom is 0.0373 e. The van der Waals surface area contributed by atoms with E-state index in [-0.39, 0.29) is 0 Å². The van der Waals surface area contributed by atoms with Gasteiger partial charge in [-0.25, -0.2) is 0 Å². The maximum absolute atomic E-state index is 3.92. The third kappa shape index (κ3) is 1.75. The summed E-state index contributed by atoms with van der Waals surface area (Å²) < 4.78 is 2.21. The average molecular weight is 264 g/mol. The van der Waals surface area contributed by atoms with Crippen LogP contribution in [-0.4, -0.2) is 15.5 Å². The second-order valence-electron chi connectivity index (χ2n) is 5.92. The molecule has 2 aliphatic heterocycles. The van der Waals surface area contributed by atoms with E-state index in [4.69, 9.17) is 0 Å². The molecule has 2 aromatic rings. The summed E-state index contributed by atoms with van der Waals surface area (Å²) in [7, 11) is 0. The number of fused-ring (bicyclic) bond motifs is 4. The van der Waals surface area contributed by atoms with Crippen LogP contribution in [0.3, 0.4) is 0 Å². The second kappa shape index (κ2) is 4.64. The predicted octanol–water partition coefficient (Wildman–Crippen LogP) is 3.85. The van der Waals surface area contributed by atoms with Gasteiger partial charge in [0.1, 0.15) is 0 Å². The normalized spacial score (nSPS) is 24.6. The van der Waals surface area contributed by atoms with Crippen molar-refractivity contribution in [3.63, 3.8) is 0 Å². The van der Waals surface area contributed by atoms with E-state index < -0.39 is 0 Å². The highest BCUT2D eigenvalue weighted by Gasteiger charge is 2.40. The smallest absolute Gasteiger partial charge is 0.0373 e. The average Bonchev–Trinajstić information content (AvgIpc) is 3.01. The lowest BCUT2D eigenvalue weighted by Gasteiger charge is -2.35. The topological polar surface area (TPSA) is 8.17 Å². The Balaban J connectivity index is 1.66. The van der Waals surface area contributed by atoms with Crippen LogP contribution in [0.2, 0.25) is 0 Å². The molecular weight excluding hydrogens is 244 g/mol. The molecule has 0 amide bonds. The minimum absolute atomic E-state index is 0.602. The van der Waals surface area contributed by atoms with Crippen molar-refractivity contribution in [2.75, 3.05) is 0 Å². The Morgan fingerprint density at radius 1 is 1.15 bits per heavy atom. The van der Waals surface area contributed by atoms with Gasteiger partial charge in [0, 0.05) is 43.1 Å². The molecule has 3 heterocycles. The Labute approximate surface area is 120 Å². The fourth-order valence-electron chi connectivity index (χ4n) is 3.94. The van der Waals surface area contributed by atoms with Gasteiger partial charge in [-0.15, -0.1) is 0 Å². The molecule has 1 aromatic heterocycles. The van der Waals surface area contributed by atoms with Gasteiger partial charge in [-0.2, -0.15) is 0 Å². The summed E-state index contributed by atoms with van der Waals surface area (Å²) in [4.78, 5) is 2.70. The Morgan fingerprint density at radius 3 is 2.80 bits per heavy atom. The van der Waals surface area contributed by atoms with Gasteiger partial charge in [-0.05, 0) is 30.0 Å². The highest BCUT2D eigenvalue weighted by Crippen LogP contribution is 2.44. The highest BCUT2D eigenvalue weighted by atomic mass is 15.2. The van der Waals surface area contributed by atoms with E-state index in [1.165, 1.54) is 29.7 Å². The SMILES string of the molecule is C=Cn1ccc2c1C[C@H]1CC[C@@H]2N1Cc1ccccc1. The lowest BCUT2D eigenvalue weighted by Crippen LogP contribution is -2.37. The van der Waals surface area contributed by atoms with Gasteiger partial charge in [-0.1, -0.05) is 36.9 Å². The monoisotopic (exact) mass is 264 g/mol. The molecule has 0 aliphatic carbocycles. The Hall–Kier alpha value is -1.80. The van der Waals surface area contributed by atoms with E-state index >= 15 is 0 Å². The summed E-state index contributed by atoms with van der Waals surface area (Å²) >= 11 is 0. The van der Waals surface area contributed by atoms with Gasteiger partial charge < -0.3 is 4.57 Å². The quantitative estimate of drug-likeness (QED) is 0.817. The maximum atomic E-state index is 3.92.